The zero-order chi connectivity index (χ0) is 22.0. The van der Waals surface area contributed by atoms with E-state index in [1.54, 1.807) is 30.2 Å². The SMILES string of the molecule is Cc1nsc(/N=N/c2c(N(C)C)ccc(/N=N/c3snc4ncncc34)c2O)c1C#N. The molecule has 0 amide bonds. The first-order chi connectivity index (χ1) is 15.0. The lowest BCUT2D eigenvalue weighted by Crippen LogP contribution is -2.08. The Morgan fingerprint density at radius 3 is 2.61 bits per heavy atom. The minimum atomic E-state index is -0.191. The second-order valence-corrected chi connectivity index (χ2v) is 7.91. The van der Waals surface area contributed by atoms with Gasteiger partial charge in [0.1, 0.15) is 23.6 Å². The van der Waals surface area contributed by atoms with Gasteiger partial charge < -0.3 is 10.0 Å². The molecule has 11 nitrogen and oxygen atoms in total. The van der Waals surface area contributed by atoms with Gasteiger partial charge in [-0.1, -0.05) is 0 Å². The van der Waals surface area contributed by atoms with Crippen LogP contribution in [-0.4, -0.2) is 37.9 Å². The van der Waals surface area contributed by atoms with Crippen LogP contribution in [0, 0.1) is 18.3 Å². The molecule has 31 heavy (non-hydrogen) atoms. The Balaban J connectivity index is 1.74. The van der Waals surface area contributed by atoms with Crippen molar-refractivity contribution in [2.45, 2.75) is 6.92 Å². The first kappa shape index (κ1) is 20.4. The molecule has 0 aliphatic carbocycles. The van der Waals surface area contributed by atoms with Crippen molar-refractivity contribution >= 4 is 61.2 Å². The van der Waals surface area contributed by atoms with E-state index in [0.717, 1.165) is 23.1 Å². The number of nitriles is 1. The number of benzene rings is 1. The smallest absolute Gasteiger partial charge is 0.178 e. The van der Waals surface area contributed by atoms with Crippen molar-refractivity contribution in [1.29, 1.82) is 5.26 Å². The summed E-state index contributed by atoms with van der Waals surface area (Å²) in [6, 6.07) is 5.45. The summed E-state index contributed by atoms with van der Waals surface area (Å²) in [4.78, 5) is 9.83. The van der Waals surface area contributed by atoms with Crippen molar-refractivity contribution < 1.29 is 5.11 Å². The van der Waals surface area contributed by atoms with Crippen LogP contribution >= 0.6 is 23.1 Å². The minimum absolute atomic E-state index is 0.191. The first-order valence-corrected chi connectivity index (χ1v) is 10.3. The Morgan fingerprint density at radius 1 is 1.06 bits per heavy atom. The monoisotopic (exact) mass is 450 g/mol. The van der Waals surface area contributed by atoms with Crippen molar-refractivity contribution in [3.05, 3.63) is 35.9 Å². The van der Waals surface area contributed by atoms with Gasteiger partial charge in [-0.15, -0.1) is 20.5 Å². The van der Waals surface area contributed by atoms with E-state index in [-0.39, 0.29) is 17.1 Å². The number of aromatic nitrogens is 4. The third-order valence-electron chi connectivity index (χ3n) is 4.18. The minimum Gasteiger partial charge on any atom is -0.504 e. The number of phenols is 1. The standard InChI is InChI=1S/C18H14N10OS2/c1-9-10(6-19)17(30-26-9)25-23-14-13(28(2)3)5-4-12(15(14)29)22-24-18-11-7-20-8-21-16(11)27-31-18/h4-5,7-8,29H,1-3H3/b24-22+,25-23+. The van der Waals surface area contributed by atoms with Gasteiger partial charge in [0.05, 0.1) is 16.8 Å². The fourth-order valence-electron chi connectivity index (χ4n) is 2.60. The van der Waals surface area contributed by atoms with E-state index in [0.29, 0.717) is 38.0 Å². The van der Waals surface area contributed by atoms with Crippen LogP contribution in [0.25, 0.3) is 11.0 Å². The van der Waals surface area contributed by atoms with E-state index in [1.165, 1.54) is 6.33 Å². The van der Waals surface area contributed by atoms with Crippen molar-refractivity contribution in [2.75, 3.05) is 19.0 Å². The van der Waals surface area contributed by atoms with E-state index in [4.69, 9.17) is 0 Å². The van der Waals surface area contributed by atoms with Gasteiger partial charge >= 0.3 is 0 Å². The lowest BCUT2D eigenvalue weighted by Gasteiger charge is -2.15. The van der Waals surface area contributed by atoms with E-state index >= 15 is 0 Å². The van der Waals surface area contributed by atoms with Crippen LogP contribution in [0.4, 0.5) is 27.1 Å². The van der Waals surface area contributed by atoms with E-state index in [9.17, 15) is 10.4 Å². The summed E-state index contributed by atoms with van der Waals surface area (Å²) in [5, 5.41) is 38.4. The van der Waals surface area contributed by atoms with Crippen molar-refractivity contribution in [2.24, 2.45) is 20.5 Å². The molecule has 0 saturated carbocycles. The molecule has 4 aromatic rings. The maximum atomic E-state index is 10.8. The lowest BCUT2D eigenvalue weighted by molar-refractivity contribution is 0.477. The van der Waals surface area contributed by atoms with Crippen LogP contribution in [0.2, 0.25) is 0 Å². The molecule has 0 bridgehead atoms. The number of rotatable bonds is 5. The highest BCUT2D eigenvalue weighted by Crippen LogP contribution is 2.45. The van der Waals surface area contributed by atoms with Gasteiger partial charge in [-0.05, 0) is 42.1 Å². The van der Waals surface area contributed by atoms with Gasteiger partial charge in [-0.2, -0.15) is 14.0 Å². The summed E-state index contributed by atoms with van der Waals surface area (Å²) in [6.07, 6.45) is 3.02. The maximum absolute atomic E-state index is 10.8. The van der Waals surface area contributed by atoms with Crippen molar-refractivity contribution in [1.82, 2.24) is 18.7 Å². The number of hydrogen-bond donors (Lipinski definition) is 1. The average molecular weight is 451 g/mol. The van der Waals surface area contributed by atoms with Crippen LogP contribution in [-0.2, 0) is 0 Å². The van der Waals surface area contributed by atoms with Crippen LogP contribution in [0.3, 0.4) is 0 Å². The molecule has 0 unspecified atom stereocenters. The summed E-state index contributed by atoms with van der Waals surface area (Å²) in [5.41, 5.74) is 2.50. The Morgan fingerprint density at radius 2 is 1.84 bits per heavy atom. The third-order valence-corrected chi connectivity index (χ3v) is 5.74. The molecule has 0 fully saturated rings. The van der Waals surface area contributed by atoms with Crippen LogP contribution < -0.4 is 4.90 Å². The first-order valence-electron chi connectivity index (χ1n) is 8.78. The number of aromatic hydroxyl groups is 1. The highest BCUT2D eigenvalue weighted by atomic mass is 32.1. The van der Waals surface area contributed by atoms with Gasteiger partial charge in [0.25, 0.3) is 0 Å². The summed E-state index contributed by atoms with van der Waals surface area (Å²) in [6.45, 7) is 1.73. The molecular formula is C18H14N10OS2. The molecule has 1 aromatic carbocycles. The van der Waals surface area contributed by atoms with Gasteiger partial charge in [0.15, 0.2) is 27.1 Å². The Hall–Kier alpha value is -3.89. The molecule has 0 atom stereocenters. The number of nitrogens with zero attached hydrogens (tertiary/aromatic N) is 10. The van der Waals surface area contributed by atoms with Crippen LogP contribution in [0.5, 0.6) is 5.75 Å². The molecule has 0 spiro atoms. The number of fused-ring (bicyclic) bond motifs is 1. The predicted octanol–water partition coefficient (Wildman–Crippen LogP) is 5.33. The average Bonchev–Trinajstić information content (AvgIpc) is 3.34. The summed E-state index contributed by atoms with van der Waals surface area (Å²) >= 11 is 2.20. The highest BCUT2D eigenvalue weighted by Gasteiger charge is 2.16. The fourth-order valence-corrected chi connectivity index (χ4v) is 3.92. The fraction of sp³-hybridized carbons (Fsp3) is 0.167. The van der Waals surface area contributed by atoms with Crippen molar-refractivity contribution in [3.8, 4) is 11.8 Å². The van der Waals surface area contributed by atoms with Crippen molar-refractivity contribution in [3.63, 3.8) is 0 Å². The number of azo groups is 2. The molecule has 1 N–H and O–H groups in total. The van der Waals surface area contributed by atoms with Gasteiger partial charge in [0.2, 0.25) is 0 Å². The lowest BCUT2D eigenvalue weighted by atomic mass is 10.2. The molecule has 0 radical (unpaired) electrons. The Kier molecular flexibility index (Phi) is 5.56. The van der Waals surface area contributed by atoms with E-state index in [1.807, 2.05) is 14.1 Å². The molecule has 0 aliphatic rings. The molecule has 154 valence electrons. The van der Waals surface area contributed by atoms with Gasteiger partial charge in [-0.25, -0.2) is 9.97 Å². The highest BCUT2D eigenvalue weighted by molar-refractivity contribution is 7.11. The number of anilines is 1. The molecule has 0 aliphatic heterocycles. The topological polar surface area (TPSA) is 148 Å². The van der Waals surface area contributed by atoms with Gasteiger partial charge in [0, 0.05) is 20.3 Å². The predicted molar refractivity (Wildman–Crippen MR) is 118 cm³/mol. The molecule has 0 saturated heterocycles. The van der Waals surface area contributed by atoms with Crippen LogP contribution in [0.15, 0.2) is 45.1 Å². The maximum Gasteiger partial charge on any atom is 0.178 e. The zero-order valence-corrected chi connectivity index (χ0v) is 18.2. The number of phenolic OH excluding ortho intramolecular Hbond substituents is 1. The summed E-state index contributed by atoms with van der Waals surface area (Å²) in [5.74, 6) is -0.191. The Bertz CT molecular complexity index is 1370. The zero-order valence-electron chi connectivity index (χ0n) is 16.5. The summed E-state index contributed by atoms with van der Waals surface area (Å²) < 4.78 is 8.32. The van der Waals surface area contributed by atoms with Gasteiger partial charge in [-0.3, -0.25) is 0 Å². The Labute approximate surface area is 184 Å². The molecule has 13 heteroatoms. The van der Waals surface area contributed by atoms with E-state index in [2.05, 4.69) is 45.2 Å². The number of aryl methyl sites for hydroxylation is 1. The quantitative estimate of drug-likeness (QED) is 0.404. The number of hydrogen-bond acceptors (Lipinski definition) is 13. The van der Waals surface area contributed by atoms with E-state index < -0.39 is 0 Å². The normalized spacial score (nSPS) is 11.5. The third kappa shape index (κ3) is 3.93. The second-order valence-electron chi connectivity index (χ2n) is 6.40. The van der Waals surface area contributed by atoms with Crippen LogP contribution in [0.1, 0.15) is 11.3 Å². The molecule has 3 heterocycles. The summed E-state index contributed by atoms with van der Waals surface area (Å²) in [7, 11) is 3.63. The molecular weight excluding hydrogens is 436 g/mol. The molecule has 3 aromatic heterocycles. The second kappa shape index (κ2) is 8.46. The largest absolute Gasteiger partial charge is 0.504 e. The molecule has 4 rings (SSSR count).